The van der Waals surface area contributed by atoms with Crippen LogP contribution in [0.3, 0.4) is 0 Å². The van der Waals surface area contributed by atoms with Crippen LogP contribution in [0.15, 0.2) is 67.0 Å². The highest BCUT2D eigenvalue weighted by Gasteiger charge is 2.29. The van der Waals surface area contributed by atoms with Crippen molar-refractivity contribution in [3.05, 3.63) is 72.6 Å². The number of methoxy groups -OCH3 is 1. The Kier molecular flexibility index (Phi) is 6.78. The number of carbonyl (C=O) groups excluding carboxylic acids is 2. The summed E-state index contributed by atoms with van der Waals surface area (Å²) in [6, 6.07) is 14.8. The number of carbonyl (C=O) groups is 2. The van der Waals surface area contributed by atoms with E-state index in [1.807, 2.05) is 36.4 Å². The molecular formula is C26H25N3O4. The van der Waals surface area contributed by atoms with Crippen molar-refractivity contribution in [2.45, 2.75) is 26.4 Å². The maximum atomic E-state index is 13.3. The Labute approximate surface area is 192 Å². The van der Waals surface area contributed by atoms with Gasteiger partial charge in [-0.2, -0.15) is 5.26 Å². The van der Waals surface area contributed by atoms with Crippen molar-refractivity contribution in [1.82, 2.24) is 4.98 Å². The second-order valence-corrected chi connectivity index (χ2v) is 8.41. The molecule has 168 valence electrons. The van der Waals surface area contributed by atoms with E-state index in [1.54, 1.807) is 45.3 Å². The predicted molar refractivity (Wildman–Crippen MR) is 127 cm³/mol. The monoisotopic (exact) mass is 443 g/mol. The van der Waals surface area contributed by atoms with Crippen LogP contribution in [0.4, 0.5) is 10.5 Å². The molecular weight excluding hydrogens is 418 g/mol. The van der Waals surface area contributed by atoms with E-state index in [0.29, 0.717) is 5.39 Å². The van der Waals surface area contributed by atoms with Gasteiger partial charge in [-0.25, -0.2) is 9.59 Å². The van der Waals surface area contributed by atoms with Crippen molar-refractivity contribution in [3.63, 3.8) is 0 Å². The van der Waals surface area contributed by atoms with Crippen molar-refractivity contribution in [3.8, 4) is 17.2 Å². The summed E-state index contributed by atoms with van der Waals surface area (Å²) in [5.41, 5.74) is 1.53. The summed E-state index contributed by atoms with van der Waals surface area (Å²) in [6.07, 6.45) is 2.71. The second-order valence-electron chi connectivity index (χ2n) is 8.41. The van der Waals surface area contributed by atoms with Gasteiger partial charge < -0.3 is 9.47 Å². The van der Waals surface area contributed by atoms with Gasteiger partial charge in [0, 0.05) is 28.9 Å². The Hall–Kier alpha value is -4.18. The lowest BCUT2D eigenvalue weighted by atomic mass is 9.98. The molecule has 0 aliphatic heterocycles. The number of ether oxygens (including phenoxy) is 2. The smallest absolute Gasteiger partial charge is 0.415 e. The third-order valence-corrected chi connectivity index (χ3v) is 4.78. The van der Waals surface area contributed by atoms with Crippen LogP contribution in [0.2, 0.25) is 0 Å². The summed E-state index contributed by atoms with van der Waals surface area (Å²) in [4.78, 5) is 31.4. The number of pyridine rings is 1. The van der Waals surface area contributed by atoms with Gasteiger partial charge in [0.2, 0.25) is 0 Å². The van der Waals surface area contributed by atoms with Crippen LogP contribution in [0.5, 0.6) is 0 Å². The fraction of sp³-hybridized carbons (Fsp3) is 0.231. The van der Waals surface area contributed by atoms with E-state index in [-0.39, 0.29) is 23.4 Å². The zero-order chi connectivity index (χ0) is 24.2. The molecule has 0 fully saturated rings. The Morgan fingerprint density at radius 3 is 2.48 bits per heavy atom. The Balaban J connectivity index is 2.32. The number of fused-ring (bicyclic) bond motifs is 1. The SMILES string of the molecule is C=C(C#N)CN(C(=O)OC(C)(C)C)c1c(C(=O)OC)ccc2ccc(-c3cccnc3)cc12. The van der Waals surface area contributed by atoms with E-state index < -0.39 is 17.7 Å². The van der Waals surface area contributed by atoms with Gasteiger partial charge in [0.05, 0.1) is 31.0 Å². The van der Waals surface area contributed by atoms with E-state index >= 15 is 0 Å². The summed E-state index contributed by atoms with van der Waals surface area (Å²) >= 11 is 0. The van der Waals surface area contributed by atoms with Gasteiger partial charge in [-0.15, -0.1) is 0 Å². The summed E-state index contributed by atoms with van der Waals surface area (Å²) in [5.74, 6) is -0.616. The topological polar surface area (TPSA) is 92.5 Å². The zero-order valence-corrected chi connectivity index (χ0v) is 19.1. The quantitative estimate of drug-likeness (QED) is 0.381. The molecule has 0 aliphatic carbocycles. The maximum absolute atomic E-state index is 13.3. The first-order chi connectivity index (χ1) is 15.6. The molecule has 1 amide bonds. The molecule has 0 unspecified atom stereocenters. The number of esters is 1. The number of benzene rings is 2. The second kappa shape index (κ2) is 9.53. The standard InChI is InChI=1S/C26H25N3O4/c1-17(14-27)16-29(25(31)33-26(2,3)4)23-21(24(30)32-5)11-10-18-8-9-19(13-22(18)23)20-7-6-12-28-15-20/h6-13,15H,1,16H2,2-5H3. The largest absolute Gasteiger partial charge is 0.465 e. The molecule has 0 atom stereocenters. The minimum absolute atomic E-state index is 0.136. The Morgan fingerprint density at radius 2 is 1.88 bits per heavy atom. The fourth-order valence-corrected chi connectivity index (χ4v) is 3.36. The van der Waals surface area contributed by atoms with Crippen LogP contribution in [-0.4, -0.2) is 36.3 Å². The molecule has 0 radical (unpaired) electrons. The van der Waals surface area contributed by atoms with Crippen LogP contribution in [0.25, 0.3) is 21.9 Å². The highest BCUT2D eigenvalue weighted by atomic mass is 16.6. The molecule has 0 saturated carbocycles. The predicted octanol–water partition coefficient (Wildman–Crippen LogP) is 5.51. The van der Waals surface area contributed by atoms with Crippen molar-refractivity contribution >= 4 is 28.5 Å². The maximum Gasteiger partial charge on any atom is 0.415 e. The average molecular weight is 444 g/mol. The molecule has 0 saturated heterocycles. The third-order valence-electron chi connectivity index (χ3n) is 4.78. The van der Waals surface area contributed by atoms with Crippen LogP contribution in [-0.2, 0) is 9.47 Å². The number of nitrogens with zero attached hydrogens (tertiary/aromatic N) is 3. The van der Waals surface area contributed by atoms with Gasteiger partial charge in [0.1, 0.15) is 5.60 Å². The van der Waals surface area contributed by atoms with Crippen LogP contribution < -0.4 is 4.90 Å². The number of nitriles is 1. The summed E-state index contributed by atoms with van der Waals surface area (Å²) in [5, 5.41) is 10.8. The van der Waals surface area contributed by atoms with Gasteiger partial charge >= 0.3 is 12.1 Å². The van der Waals surface area contributed by atoms with Crippen molar-refractivity contribution in [1.29, 1.82) is 5.26 Å². The summed E-state index contributed by atoms with van der Waals surface area (Å²) in [6.45, 7) is 8.80. The Morgan fingerprint density at radius 1 is 1.15 bits per heavy atom. The average Bonchev–Trinajstić information content (AvgIpc) is 2.80. The molecule has 0 N–H and O–H groups in total. The van der Waals surface area contributed by atoms with Crippen molar-refractivity contribution < 1.29 is 19.1 Å². The molecule has 33 heavy (non-hydrogen) atoms. The molecule has 3 aromatic rings. The molecule has 1 aromatic heterocycles. The molecule has 7 heteroatoms. The first kappa shape index (κ1) is 23.5. The highest BCUT2D eigenvalue weighted by Crippen LogP contribution is 2.36. The third kappa shape index (κ3) is 5.36. The number of rotatable bonds is 5. The van der Waals surface area contributed by atoms with E-state index in [9.17, 15) is 14.9 Å². The van der Waals surface area contributed by atoms with Gasteiger partial charge in [-0.3, -0.25) is 9.88 Å². The van der Waals surface area contributed by atoms with Crippen molar-refractivity contribution in [2.75, 3.05) is 18.6 Å². The molecule has 0 bridgehead atoms. The number of hydrogen-bond acceptors (Lipinski definition) is 6. The van der Waals surface area contributed by atoms with Gasteiger partial charge in [-0.05, 0) is 49.9 Å². The van der Waals surface area contributed by atoms with E-state index in [0.717, 1.165) is 16.5 Å². The minimum atomic E-state index is -0.791. The molecule has 0 spiro atoms. The lowest BCUT2D eigenvalue weighted by Gasteiger charge is -2.29. The normalized spacial score (nSPS) is 10.9. The molecule has 0 aliphatic rings. The van der Waals surface area contributed by atoms with E-state index in [2.05, 4.69) is 11.6 Å². The number of aromatic nitrogens is 1. The van der Waals surface area contributed by atoms with Crippen LogP contribution in [0.1, 0.15) is 31.1 Å². The lowest BCUT2D eigenvalue weighted by molar-refractivity contribution is 0.0582. The fourth-order valence-electron chi connectivity index (χ4n) is 3.36. The zero-order valence-electron chi connectivity index (χ0n) is 19.1. The highest BCUT2D eigenvalue weighted by molar-refractivity contribution is 6.12. The summed E-state index contributed by atoms with van der Waals surface area (Å²) in [7, 11) is 1.27. The number of amides is 1. The van der Waals surface area contributed by atoms with Crippen molar-refractivity contribution in [2.24, 2.45) is 0 Å². The van der Waals surface area contributed by atoms with Crippen LogP contribution >= 0.6 is 0 Å². The van der Waals surface area contributed by atoms with E-state index in [4.69, 9.17) is 9.47 Å². The Bertz CT molecular complexity index is 1250. The van der Waals surface area contributed by atoms with Gasteiger partial charge in [0.25, 0.3) is 0 Å². The summed E-state index contributed by atoms with van der Waals surface area (Å²) < 4.78 is 10.6. The molecule has 2 aromatic carbocycles. The first-order valence-electron chi connectivity index (χ1n) is 10.3. The van der Waals surface area contributed by atoms with E-state index in [1.165, 1.54) is 12.0 Å². The van der Waals surface area contributed by atoms with Gasteiger partial charge in [-0.1, -0.05) is 30.8 Å². The first-order valence-corrected chi connectivity index (χ1v) is 10.3. The minimum Gasteiger partial charge on any atom is -0.465 e. The molecule has 3 rings (SSSR count). The number of hydrogen-bond donors (Lipinski definition) is 0. The number of anilines is 1. The van der Waals surface area contributed by atoms with Gasteiger partial charge in [0.15, 0.2) is 0 Å². The lowest BCUT2D eigenvalue weighted by Crippen LogP contribution is -2.39. The van der Waals surface area contributed by atoms with Crippen LogP contribution in [0, 0.1) is 11.3 Å². The molecule has 7 nitrogen and oxygen atoms in total. The molecule has 1 heterocycles.